The maximum atomic E-state index is 9.56. The average molecular weight is 193 g/mol. The number of nitrogen functional groups attached to an aromatic ring is 1. The molecule has 0 saturated carbocycles. The van der Waals surface area contributed by atoms with Gasteiger partial charge in [-0.25, -0.2) is 0 Å². The zero-order valence-corrected chi connectivity index (χ0v) is 8.03. The zero-order valence-electron chi connectivity index (χ0n) is 9.03. The zero-order chi connectivity index (χ0) is 11.2. The van der Waals surface area contributed by atoms with Crippen molar-refractivity contribution in [3.63, 3.8) is 0 Å². The van der Waals surface area contributed by atoms with Gasteiger partial charge in [0.1, 0.15) is 0 Å². The first kappa shape index (κ1) is 7.82. The number of aryl methyl sites for hydroxylation is 1. The molecule has 2 rings (SSSR count). The van der Waals surface area contributed by atoms with Gasteiger partial charge < -0.3 is 15.4 Å². The topological polar surface area (TPSA) is 72.3 Å². The molecule has 1 aromatic carbocycles. The predicted octanol–water partition coefficient (Wildman–Crippen LogP) is 1.77. The summed E-state index contributed by atoms with van der Waals surface area (Å²) in [4.78, 5) is 0. The van der Waals surface area contributed by atoms with Crippen LogP contribution in [0.3, 0.4) is 0 Å². The highest BCUT2D eigenvalue weighted by Gasteiger charge is 2.11. The SMILES string of the molecule is [2H]C(C)(O)c1cc2onc(C)c2cc1N. The van der Waals surface area contributed by atoms with Crippen LogP contribution in [0.1, 0.15) is 25.6 Å². The number of fused-ring (bicyclic) bond motifs is 1. The maximum absolute atomic E-state index is 9.56. The molecule has 1 aromatic heterocycles. The molecule has 14 heavy (non-hydrogen) atoms. The fraction of sp³-hybridized carbons (Fsp3) is 0.300. The number of hydrogen-bond donors (Lipinski definition) is 2. The molecule has 0 aliphatic heterocycles. The first-order valence-corrected chi connectivity index (χ1v) is 4.28. The van der Waals surface area contributed by atoms with Crippen molar-refractivity contribution in [3.05, 3.63) is 23.4 Å². The molecular formula is C10H12N2O2. The highest BCUT2D eigenvalue weighted by molar-refractivity contribution is 5.84. The number of aromatic nitrogens is 1. The molecule has 0 saturated heterocycles. The number of anilines is 1. The Hall–Kier alpha value is -1.55. The van der Waals surface area contributed by atoms with Crippen LogP contribution in [0.4, 0.5) is 5.69 Å². The standard InChI is InChI=1S/C10H12N2O2/c1-5-7-3-9(11)8(6(2)13)4-10(7)14-12-5/h3-4,6,13H,11H2,1-2H3/i6D. The molecule has 2 aromatic rings. The van der Waals surface area contributed by atoms with Crippen LogP contribution in [0, 0.1) is 6.92 Å². The number of hydrogen-bond acceptors (Lipinski definition) is 4. The third-order valence-corrected chi connectivity index (χ3v) is 2.21. The van der Waals surface area contributed by atoms with Crippen LogP contribution in [0.2, 0.25) is 0 Å². The van der Waals surface area contributed by atoms with E-state index in [1.807, 2.05) is 6.92 Å². The minimum atomic E-state index is -1.72. The smallest absolute Gasteiger partial charge is 0.167 e. The van der Waals surface area contributed by atoms with Gasteiger partial charge in [-0.05, 0) is 26.0 Å². The Kier molecular flexibility index (Phi) is 1.67. The molecule has 4 nitrogen and oxygen atoms in total. The van der Waals surface area contributed by atoms with Crippen LogP contribution in [0.25, 0.3) is 11.0 Å². The first-order valence-electron chi connectivity index (χ1n) is 4.78. The average Bonchev–Trinajstić information content (AvgIpc) is 2.45. The van der Waals surface area contributed by atoms with Gasteiger partial charge in [0.15, 0.2) is 5.58 Å². The van der Waals surface area contributed by atoms with Crippen LogP contribution in [0.15, 0.2) is 16.7 Å². The van der Waals surface area contributed by atoms with E-state index in [1.165, 1.54) is 6.92 Å². The summed E-state index contributed by atoms with van der Waals surface area (Å²) in [6, 6.07) is 3.22. The molecule has 1 unspecified atom stereocenters. The number of nitrogens with two attached hydrogens (primary N) is 1. The van der Waals surface area contributed by atoms with Crippen molar-refractivity contribution in [1.29, 1.82) is 0 Å². The van der Waals surface area contributed by atoms with Gasteiger partial charge in [0.2, 0.25) is 0 Å². The van der Waals surface area contributed by atoms with Gasteiger partial charge >= 0.3 is 0 Å². The molecule has 0 fully saturated rings. The van der Waals surface area contributed by atoms with E-state index in [0.29, 0.717) is 16.8 Å². The Morgan fingerprint density at radius 1 is 1.64 bits per heavy atom. The highest BCUT2D eigenvalue weighted by atomic mass is 16.5. The van der Waals surface area contributed by atoms with E-state index in [-0.39, 0.29) is 0 Å². The van der Waals surface area contributed by atoms with Gasteiger partial charge in [0.05, 0.1) is 13.1 Å². The van der Waals surface area contributed by atoms with E-state index < -0.39 is 6.08 Å². The van der Waals surface area contributed by atoms with Gasteiger partial charge in [-0.3, -0.25) is 0 Å². The lowest BCUT2D eigenvalue weighted by Gasteiger charge is -2.07. The first-order chi connectivity index (χ1) is 6.89. The molecule has 0 aliphatic carbocycles. The molecule has 0 amide bonds. The van der Waals surface area contributed by atoms with Crippen molar-refractivity contribution in [2.24, 2.45) is 0 Å². The van der Waals surface area contributed by atoms with E-state index in [2.05, 4.69) is 5.16 Å². The molecule has 74 valence electrons. The lowest BCUT2D eigenvalue weighted by atomic mass is 10.1. The Bertz CT molecular complexity index is 514. The number of nitrogens with zero attached hydrogens (tertiary/aromatic N) is 1. The molecular weight excluding hydrogens is 180 g/mol. The van der Waals surface area contributed by atoms with Crippen molar-refractivity contribution in [1.82, 2.24) is 5.16 Å². The number of aliphatic hydroxyl groups is 1. The minimum absolute atomic E-state index is 0.325. The second-order valence-corrected chi connectivity index (χ2v) is 3.29. The van der Waals surface area contributed by atoms with Crippen molar-refractivity contribution in [2.45, 2.75) is 19.9 Å². The summed E-state index contributed by atoms with van der Waals surface area (Å²) < 4.78 is 12.5. The maximum Gasteiger partial charge on any atom is 0.167 e. The monoisotopic (exact) mass is 193 g/mol. The van der Waals surface area contributed by atoms with Crippen molar-refractivity contribution in [2.75, 3.05) is 5.73 Å². The number of benzene rings is 1. The van der Waals surface area contributed by atoms with E-state index >= 15 is 0 Å². The molecule has 0 aliphatic rings. The molecule has 0 bridgehead atoms. The lowest BCUT2D eigenvalue weighted by Crippen LogP contribution is -1.97. The summed E-state index contributed by atoms with van der Waals surface area (Å²) in [6.45, 7) is 3.16. The summed E-state index contributed by atoms with van der Waals surface area (Å²) in [5.41, 5.74) is 7.72. The molecule has 4 heteroatoms. The Labute approximate surface area is 82.7 Å². The summed E-state index contributed by atoms with van der Waals surface area (Å²) in [5, 5.41) is 14.2. The summed E-state index contributed by atoms with van der Waals surface area (Å²) in [6.07, 6.45) is -1.72. The van der Waals surface area contributed by atoms with Crippen LogP contribution >= 0.6 is 0 Å². The van der Waals surface area contributed by atoms with Gasteiger partial charge in [-0.2, -0.15) is 0 Å². The fourth-order valence-corrected chi connectivity index (χ4v) is 1.43. The molecule has 0 radical (unpaired) electrons. The normalized spacial score (nSPS) is 16.6. The molecule has 1 atom stereocenters. The summed E-state index contributed by atoms with van der Waals surface area (Å²) in [7, 11) is 0. The van der Waals surface area contributed by atoms with E-state index in [1.54, 1.807) is 12.1 Å². The van der Waals surface area contributed by atoms with Crippen molar-refractivity contribution in [3.8, 4) is 0 Å². The highest BCUT2D eigenvalue weighted by Crippen LogP contribution is 2.27. The minimum Gasteiger partial charge on any atom is -0.398 e. The summed E-state index contributed by atoms with van der Waals surface area (Å²) >= 11 is 0. The lowest BCUT2D eigenvalue weighted by molar-refractivity contribution is 0.200. The van der Waals surface area contributed by atoms with Gasteiger partial charge in [0.25, 0.3) is 0 Å². The predicted molar refractivity (Wildman–Crippen MR) is 53.8 cm³/mol. The van der Waals surface area contributed by atoms with Crippen molar-refractivity contribution < 1.29 is 11.0 Å². The number of rotatable bonds is 1. The third-order valence-electron chi connectivity index (χ3n) is 2.21. The molecule has 0 spiro atoms. The van der Waals surface area contributed by atoms with Gasteiger partial charge in [-0.15, -0.1) is 0 Å². The van der Waals surface area contributed by atoms with E-state index in [4.69, 9.17) is 11.6 Å². The second kappa shape index (κ2) is 2.99. The molecule has 1 heterocycles. The quantitative estimate of drug-likeness (QED) is 0.677. The molecule has 3 N–H and O–H groups in total. The van der Waals surface area contributed by atoms with Crippen LogP contribution < -0.4 is 5.73 Å². The summed E-state index contributed by atoms with van der Waals surface area (Å²) in [5.74, 6) is 0. The van der Waals surface area contributed by atoms with Crippen LogP contribution in [0.5, 0.6) is 0 Å². The second-order valence-electron chi connectivity index (χ2n) is 3.29. The van der Waals surface area contributed by atoms with Crippen LogP contribution in [-0.2, 0) is 0 Å². The van der Waals surface area contributed by atoms with E-state index in [0.717, 1.165) is 11.1 Å². The largest absolute Gasteiger partial charge is 0.398 e. The Morgan fingerprint density at radius 2 is 2.36 bits per heavy atom. The van der Waals surface area contributed by atoms with Crippen LogP contribution in [-0.4, -0.2) is 10.3 Å². The van der Waals surface area contributed by atoms with Gasteiger partial charge in [0, 0.05) is 16.6 Å². The fourth-order valence-electron chi connectivity index (χ4n) is 1.43. The van der Waals surface area contributed by atoms with E-state index in [9.17, 15) is 5.11 Å². The van der Waals surface area contributed by atoms with Crippen molar-refractivity contribution >= 4 is 16.7 Å². The Morgan fingerprint density at radius 3 is 3.00 bits per heavy atom. The third kappa shape index (κ3) is 1.24. The van der Waals surface area contributed by atoms with Gasteiger partial charge in [-0.1, -0.05) is 5.16 Å². The Balaban J connectivity index is 2.74.